The zero-order valence-corrected chi connectivity index (χ0v) is 4.95. The quantitative estimate of drug-likeness (QED) is 0.470. The Morgan fingerprint density at radius 1 is 1.00 bits per heavy atom. The van der Waals surface area contributed by atoms with Gasteiger partial charge in [0.25, 0.3) is 0 Å². The van der Waals surface area contributed by atoms with Crippen molar-refractivity contribution in [2.75, 3.05) is 0 Å². The second kappa shape index (κ2) is 2.50. The highest BCUT2D eigenvalue weighted by Gasteiger charge is 2.22. The van der Waals surface area contributed by atoms with Crippen LogP contribution in [0.2, 0.25) is 0 Å². The summed E-state index contributed by atoms with van der Waals surface area (Å²) in [6.45, 7) is 0. The molecule has 0 saturated heterocycles. The smallest absolute Gasteiger partial charge is 0.0192 e. The van der Waals surface area contributed by atoms with Crippen LogP contribution < -0.4 is 11.5 Å². The van der Waals surface area contributed by atoms with E-state index < -0.39 is 0 Å². The molecule has 0 aromatic heterocycles. The van der Waals surface area contributed by atoms with Crippen molar-refractivity contribution < 1.29 is 0 Å². The zero-order chi connectivity index (χ0) is 4.57. The maximum absolute atomic E-state index is 5.40. The molecule has 1 rings (SSSR count). The third-order valence-corrected chi connectivity index (χ3v) is 1.38. The molecule has 1 saturated carbocycles. The first kappa shape index (κ1) is 7.21. The van der Waals surface area contributed by atoms with Gasteiger partial charge in [0.2, 0.25) is 0 Å². The molecule has 4 N–H and O–H groups in total. The van der Waals surface area contributed by atoms with Crippen LogP contribution in [0.15, 0.2) is 0 Å². The third kappa shape index (κ3) is 1.30. The Balaban J connectivity index is 0.000000360. The van der Waals surface area contributed by atoms with Crippen molar-refractivity contribution in [3.8, 4) is 0 Å². The maximum atomic E-state index is 5.40. The SMILES string of the molecule is Cl.NC1CCC1N. The normalized spacial score (nSPS) is 38.6. The molecule has 1 fully saturated rings. The highest BCUT2D eigenvalue weighted by atomic mass is 35.5. The van der Waals surface area contributed by atoms with Crippen molar-refractivity contribution in [3.63, 3.8) is 0 Å². The molecule has 0 amide bonds. The summed E-state index contributed by atoms with van der Waals surface area (Å²) in [4.78, 5) is 0. The fourth-order valence-corrected chi connectivity index (χ4v) is 0.552. The number of halogens is 1. The van der Waals surface area contributed by atoms with E-state index in [0.29, 0.717) is 12.1 Å². The standard InChI is InChI=1S/C4H10N2.ClH/c5-3-1-2-4(3)6;/h3-4H,1-2,5-6H2;1H. The lowest BCUT2D eigenvalue weighted by Crippen LogP contribution is -2.49. The lowest BCUT2D eigenvalue weighted by Gasteiger charge is -2.29. The van der Waals surface area contributed by atoms with E-state index in [9.17, 15) is 0 Å². The summed E-state index contributed by atoms with van der Waals surface area (Å²) in [5.41, 5.74) is 10.8. The Bertz CT molecular complexity index is 49.7. The Hall–Kier alpha value is 0.210. The van der Waals surface area contributed by atoms with Crippen LogP contribution >= 0.6 is 12.4 Å². The molecule has 1 aliphatic carbocycles. The van der Waals surface area contributed by atoms with E-state index in [0.717, 1.165) is 12.8 Å². The summed E-state index contributed by atoms with van der Waals surface area (Å²) in [7, 11) is 0. The molecule has 2 nitrogen and oxygen atoms in total. The molecular formula is C4H11ClN2. The second-order valence-corrected chi connectivity index (χ2v) is 1.91. The zero-order valence-electron chi connectivity index (χ0n) is 4.13. The van der Waals surface area contributed by atoms with Crippen LogP contribution in [-0.4, -0.2) is 12.1 Å². The largest absolute Gasteiger partial charge is 0.326 e. The minimum atomic E-state index is 0. The van der Waals surface area contributed by atoms with E-state index in [2.05, 4.69) is 0 Å². The van der Waals surface area contributed by atoms with E-state index in [1.165, 1.54) is 0 Å². The molecule has 0 aromatic rings. The van der Waals surface area contributed by atoms with E-state index in [1.807, 2.05) is 0 Å². The third-order valence-electron chi connectivity index (χ3n) is 1.38. The molecule has 7 heavy (non-hydrogen) atoms. The molecule has 3 heteroatoms. The molecule has 2 atom stereocenters. The van der Waals surface area contributed by atoms with Gasteiger partial charge in [-0.05, 0) is 12.8 Å². The minimum absolute atomic E-state index is 0. The lowest BCUT2D eigenvalue weighted by atomic mass is 9.88. The highest BCUT2D eigenvalue weighted by molar-refractivity contribution is 5.85. The van der Waals surface area contributed by atoms with Gasteiger partial charge in [-0.15, -0.1) is 12.4 Å². The van der Waals surface area contributed by atoms with Gasteiger partial charge in [-0.2, -0.15) is 0 Å². The average Bonchev–Trinajstić information content (AvgIpc) is 1.61. The summed E-state index contributed by atoms with van der Waals surface area (Å²) in [5, 5.41) is 0. The molecule has 0 spiro atoms. The van der Waals surface area contributed by atoms with Crippen LogP contribution in [0.4, 0.5) is 0 Å². The molecule has 1 aliphatic rings. The summed E-state index contributed by atoms with van der Waals surface area (Å²) < 4.78 is 0. The van der Waals surface area contributed by atoms with Crippen LogP contribution in [0.25, 0.3) is 0 Å². The van der Waals surface area contributed by atoms with Crippen LogP contribution in [0, 0.1) is 0 Å². The average molecular weight is 123 g/mol. The fraction of sp³-hybridized carbons (Fsp3) is 1.00. The van der Waals surface area contributed by atoms with Crippen molar-refractivity contribution in [3.05, 3.63) is 0 Å². The van der Waals surface area contributed by atoms with E-state index in [4.69, 9.17) is 11.5 Å². The first-order valence-corrected chi connectivity index (χ1v) is 2.32. The summed E-state index contributed by atoms with van der Waals surface area (Å²) in [6, 6.07) is 0.620. The van der Waals surface area contributed by atoms with Crippen molar-refractivity contribution >= 4 is 12.4 Å². The number of rotatable bonds is 0. The molecule has 0 aliphatic heterocycles. The van der Waals surface area contributed by atoms with Crippen LogP contribution in [0.1, 0.15) is 12.8 Å². The topological polar surface area (TPSA) is 52.0 Å². The van der Waals surface area contributed by atoms with Gasteiger partial charge in [-0.3, -0.25) is 0 Å². The van der Waals surface area contributed by atoms with Gasteiger partial charge in [0.1, 0.15) is 0 Å². The van der Waals surface area contributed by atoms with Gasteiger partial charge in [-0.1, -0.05) is 0 Å². The van der Waals surface area contributed by atoms with Crippen molar-refractivity contribution in [1.82, 2.24) is 0 Å². The fourth-order valence-electron chi connectivity index (χ4n) is 0.552. The summed E-state index contributed by atoms with van der Waals surface area (Å²) >= 11 is 0. The number of hydrogen-bond donors (Lipinski definition) is 2. The predicted octanol–water partition coefficient (Wildman–Crippen LogP) is -0.143. The molecular weight excluding hydrogens is 112 g/mol. The molecule has 2 unspecified atom stereocenters. The van der Waals surface area contributed by atoms with Gasteiger partial charge < -0.3 is 11.5 Å². The van der Waals surface area contributed by atoms with E-state index >= 15 is 0 Å². The van der Waals surface area contributed by atoms with Gasteiger partial charge in [0.15, 0.2) is 0 Å². The number of nitrogens with two attached hydrogens (primary N) is 2. The van der Waals surface area contributed by atoms with Gasteiger partial charge in [-0.25, -0.2) is 0 Å². The Kier molecular flexibility index (Phi) is 2.58. The highest BCUT2D eigenvalue weighted by Crippen LogP contribution is 2.13. The second-order valence-electron chi connectivity index (χ2n) is 1.91. The van der Waals surface area contributed by atoms with Crippen LogP contribution in [-0.2, 0) is 0 Å². The Labute approximate surface area is 49.7 Å². The Morgan fingerprint density at radius 2 is 1.29 bits per heavy atom. The van der Waals surface area contributed by atoms with Gasteiger partial charge >= 0.3 is 0 Å². The predicted molar refractivity (Wildman–Crippen MR) is 32.4 cm³/mol. The molecule has 44 valence electrons. The van der Waals surface area contributed by atoms with Gasteiger partial charge in [0, 0.05) is 12.1 Å². The Morgan fingerprint density at radius 3 is 1.29 bits per heavy atom. The first-order valence-electron chi connectivity index (χ1n) is 2.32. The maximum Gasteiger partial charge on any atom is 0.0192 e. The summed E-state index contributed by atoms with van der Waals surface area (Å²) in [5.74, 6) is 0. The van der Waals surface area contributed by atoms with Gasteiger partial charge in [0.05, 0.1) is 0 Å². The van der Waals surface area contributed by atoms with Crippen LogP contribution in [0.3, 0.4) is 0 Å². The van der Waals surface area contributed by atoms with Crippen molar-refractivity contribution in [1.29, 1.82) is 0 Å². The van der Waals surface area contributed by atoms with E-state index in [-0.39, 0.29) is 12.4 Å². The number of hydrogen-bond acceptors (Lipinski definition) is 2. The lowest BCUT2D eigenvalue weighted by molar-refractivity contribution is 0.347. The van der Waals surface area contributed by atoms with E-state index in [1.54, 1.807) is 0 Å². The van der Waals surface area contributed by atoms with Crippen LogP contribution in [0.5, 0.6) is 0 Å². The summed E-state index contributed by atoms with van der Waals surface area (Å²) in [6.07, 6.45) is 2.25. The molecule has 0 bridgehead atoms. The first-order chi connectivity index (χ1) is 2.80. The van der Waals surface area contributed by atoms with Crippen molar-refractivity contribution in [2.24, 2.45) is 11.5 Å². The minimum Gasteiger partial charge on any atom is -0.326 e. The molecule has 0 aromatic carbocycles. The monoisotopic (exact) mass is 122 g/mol. The molecule has 0 heterocycles. The van der Waals surface area contributed by atoms with Crippen molar-refractivity contribution in [2.45, 2.75) is 24.9 Å². The molecule has 0 radical (unpaired) electrons.